The van der Waals surface area contributed by atoms with Crippen molar-refractivity contribution >= 4 is 11.9 Å². The van der Waals surface area contributed by atoms with Gasteiger partial charge in [0.2, 0.25) is 0 Å². The number of nitrogens with one attached hydrogen (secondary N) is 1. The van der Waals surface area contributed by atoms with Gasteiger partial charge in [0, 0.05) is 18.2 Å². The predicted molar refractivity (Wildman–Crippen MR) is 50.8 cm³/mol. The quantitative estimate of drug-likeness (QED) is 0.726. The third kappa shape index (κ3) is 1.51. The highest BCUT2D eigenvalue weighted by Crippen LogP contribution is 2.24. The van der Waals surface area contributed by atoms with E-state index in [0.29, 0.717) is 24.5 Å². The highest BCUT2D eigenvalue weighted by molar-refractivity contribution is 5.90. The fraction of sp³-hybridized carbons (Fsp3) is 0.300. The van der Waals surface area contributed by atoms with Crippen molar-refractivity contribution in [1.29, 1.82) is 0 Å². The molecule has 4 nitrogen and oxygen atoms in total. The van der Waals surface area contributed by atoms with Crippen LogP contribution < -0.4 is 5.32 Å². The number of furan rings is 1. The molecule has 2 rings (SSSR count). The normalized spacial score (nSPS) is 13.9. The molecule has 2 heterocycles. The van der Waals surface area contributed by atoms with Crippen LogP contribution >= 0.6 is 0 Å². The first-order chi connectivity index (χ1) is 6.81. The van der Waals surface area contributed by atoms with Crippen LogP contribution in [0.3, 0.4) is 0 Å². The fourth-order valence-corrected chi connectivity index (χ4v) is 1.37. The molecule has 0 aliphatic carbocycles. The lowest BCUT2D eigenvalue weighted by Crippen LogP contribution is -2.14. The van der Waals surface area contributed by atoms with E-state index >= 15 is 0 Å². The van der Waals surface area contributed by atoms with Gasteiger partial charge in [-0.2, -0.15) is 0 Å². The summed E-state index contributed by atoms with van der Waals surface area (Å²) in [6.07, 6.45) is 3.79. The largest absolute Gasteiger partial charge is 0.463 e. The first-order valence-corrected chi connectivity index (χ1v) is 4.50. The van der Waals surface area contributed by atoms with Crippen molar-refractivity contribution in [2.45, 2.75) is 13.3 Å². The number of ether oxygens (including phenoxy) is 1. The topological polar surface area (TPSA) is 51.5 Å². The minimum atomic E-state index is -0.271. The van der Waals surface area contributed by atoms with Gasteiger partial charge in [0.15, 0.2) is 5.88 Å². The average Bonchev–Trinajstić information content (AvgIpc) is 2.64. The molecule has 4 heteroatoms. The molecule has 74 valence electrons. The maximum atomic E-state index is 11.4. The average molecular weight is 193 g/mol. The van der Waals surface area contributed by atoms with Crippen LogP contribution in [0.2, 0.25) is 0 Å². The molecule has 0 bridgehead atoms. The van der Waals surface area contributed by atoms with Gasteiger partial charge in [-0.1, -0.05) is 0 Å². The molecule has 1 aromatic heterocycles. The summed E-state index contributed by atoms with van der Waals surface area (Å²) in [4.78, 5) is 11.4. The highest BCUT2D eigenvalue weighted by atomic mass is 16.5. The Hall–Kier alpha value is -1.71. The lowest BCUT2D eigenvalue weighted by Gasteiger charge is -2.12. The van der Waals surface area contributed by atoms with Crippen LogP contribution in [-0.4, -0.2) is 12.6 Å². The fourth-order valence-electron chi connectivity index (χ4n) is 1.37. The zero-order chi connectivity index (χ0) is 9.97. The van der Waals surface area contributed by atoms with E-state index < -0.39 is 0 Å². The van der Waals surface area contributed by atoms with Crippen LogP contribution in [0.25, 0.3) is 0 Å². The maximum Gasteiger partial charge on any atom is 0.335 e. The van der Waals surface area contributed by atoms with Crippen molar-refractivity contribution in [3.8, 4) is 0 Å². The number of anilines is 1. The Morgan fingerprint density at radius 3 is 3.36 bits per heavy atom. The van der Waals surface area contributed by atoms with Gasteiger partial charge in [-0.05, 0) is 13.0 Å². The van der Waals surface area contributed by atoms with E-state index in [9.17, 15) is 4.79 Å². The van der Waals surface area contributed by atoms with Crippen LogP contribution in [0.1, 0.15) is 12.5 Å². The van der Waals surface area contributed by atoms with Gasteiger partial charge in [0.05, 0.1) is 18.4 Å². The molecule has 0 radical (unpaired) electrons. The molecule has 0 unspecified atom stereocenters. The van der Waals surface area contributed by atoms with Gasteiger partial charge in [0.25, 0.3) is 0 Å². The Balaban J connectivity index is 2.11. The standard InChI is InChI=1S/C10H11NO3/c1-2-13-10(12)8-5-7-3-4-14-9(7)11-6-8/h3-4,6,11H,2,5H2,1H3. The number of carbonyl (C=O) groups excluding carboxylic acids is 1. The number of carbonyl (C=O) groups is 1. The van der Waals surface area contributed by atoms with Crippen molar-refractivity contribution < 1.29 is 13.9 Å². The van der Waals surface area contributed by atoms with Crippen LogP contribution in [0.15, 0.2) is 28.5 Å². The monoisotopic (exact) mass is 193 g/mol. The van der Waals surface area contributed by atoms with Crippen molar-refractivity contribution in [2.75, 3.05) is 11.9 Å². The van der Waals surface area contributed by atoms with Gasteiger partial charge >= 0.3 is 5.97 Å². The molecule has 0 aromatic carbocycles. The summed E-state index contributed by atoms with van der Waals surface area (Å²) in [6.45, 7) is 2.19. The summed E-state index contributed by atoms with van der Waals surface area (Å²) in [6, 6.07) is 1.84. The molecule has 1 aliphatic heterocycles. The van der Waals surface area contributed by atoms with Gasteiger partial charge in [-0.15, -0.1) is 0 Å². The molecule has 0 saturated heterocycles. The summed E-state index contributed by atoms with van der Waals surface area (Å²) in [5, 5.41) is 2.90. The predicted octanol–water partition coefficient (Wildman–Crippen LogP) is 1.69. The molecule has 0 atom stereocenters. The molecule has 14 heavy (non-hydrogen) atoms. The Morgan fingerprint density at radius 2 is 2.57 bits per heavy atom. The van der Waals surface area contributed by atoms with Crippen LogP contribution in [0, 0.1) is 0 Å². The molecule has 0 spiro atoms. The van der Waals surface area contributed by atoms with Crippen molar-refractivity contribution in [1.82, 2.24) is 0 Å². The van der Waals surface area contributed by atoms with Crippen LogP contribution in [0.4, 0.5) is 5.88 Å². The summed E-state index contributed by atoms with van der Waals surface area (Å²) in [5.41, 5.74) is 1.61. The first-order valence-electron chi connectivity index (χ1n) is 4.50. The van der Waals surface area contributed by atoms with Crippen LogP contribution in [-0.2, 0) is 16.0 Å². The zero-order valence-corrected chi connectivity index (χ0v) is 7.87. The lowest BCUT2D eigenvalue weighted by atomic mass is 10.1. The minimum absolute atomic E-state index is 0.271. The second-order valence-corrected chi connectivity index (χ2v) is 2.99. The smallest absolute Gasteiger partial charge is 0.335 e. The summed E-state index contributed by atoms with van der Waals surface area (Å²) in [5.74, 6) is 0.435. The number of hydrogen-bond acceptors (Lipinski definition) is 4. The van der Waals surface area contributed by atoms with E-state index in [1.54, 1.807) is 19.4 Å². The molecule has 0 fully saturated rings. The number of esters is 1. The summed E-state index contributed by atoms with van der Waals surface area (Å²) in [7, 11) is 0. The second-order valence-electron chi connectivity index (χ2n) is 2.99. The Kier molecular flexibility index (Phi) is 2.26. The Labute approximate surface area is 81.5 Å². The SMILES string of the molecule is CCOC(=O)C1=CNc2occc2C1. The maximum absolute atomic E-state index is 11.4. The van der Waals surface area contributed by atoms with E-state index in [-0.39, 0.29) is 5.97 Å². The molecule has 1 aliphatic rings. The Bertz CT molecular complexity index is 378. The number of rotatable bonds is 2. The van der Waals surface area contributed by atoms with Gasteiger partial charge in [-0.3, -0.25) is 0 Å². The molecule has 1 aromatic rings. The van der Waals surface area contributed by atoms with Crippen molar-refractivity contribution in [3.05, 3.63) is 29.7 Å². The summed E-state index contributed by atoms with van der Waals surface area (Å²) >= 11 is 0. The third-order valence-corrected chi connectivity index (χ3v) is 2.04. The highest BCUT2D eigenvalue weighted by Gasteiger charge is 2.18. The van der Waals surface area contributed by atoms with Crippen molar-refractivity contribution in [3.63, 3.8) is 0 Å². The van der Waals surface area contributed by atoms with Gasteiger partial charge in [-0.25, -0.2) is 4.79 Å². The van der Waals surface area contributed by atoms with Gasteiger partial charge in [0.1, 0.15) is 0 Å². The second kappa shape index (κ2) is 3.57. The van der Waals surface area contributed by atoms with E-state index in [1.807, 2.05) is 6.07 Å². The number of fused-ring (bicyclic) bond motifs is 1. The van der Waals surface area contributed by atoms with E-state index in [2.05, 4.69) is 5.32 Å². The molecule has 0 amide bonds. The molecule has 1 N–H and O–H groups in total. The van der Waals surface area contributed by atoms with Gasteiger partial charge < -0.3 is 14.5 Å². The molecular formula is C10H11NO3. The number of hydrogen-bond donors (Lipinski definition) is 1. The van der Waals surface area contributed by atoms with E-state index in [4.69, 9.17) is 9.15 Å². The summed E-state index contributed by atoms with van der Waals surface area (Å²) < 4.78 is 10.0. The minimum Gasteiger partial charge on any atom is -0.463 e. The molecule has 0 saturated carbocycles. The van der Waals surface area contributed by atoms with Crippen LogP contribution in [0.5, 0.6) is 0 Å². The van der Waals surface area contributed by atoms with Crippen molar-refractivity contribution in [2.24, 2.45) is 0 Å². The molecular weight excluding hydrogens is 182 g/mol. The first kappa shape index (κ1) is 8.87. The zero-order valence-electron chi connectivity index (χ0n) is 7.87. The van der Waals surface area contributed by atoms with E-state index in [0.717, 1.165) is 5.56 Å². The Morgan fingerprint density at radius 1 is 1.71 bits per heavy atom. The lowest BCUT2D eigenvalue weighted by molar-refractivity contribution is -0.138. The third-order valence-electron chi connectivity index (χ3n) is 2.04. The van der Waals surface area contributed by atoms with E-state index in [1.165, 1.54) is 0 Å².